The van der Waals surface area contributed by atoms with Crippen LogP contribution in [0.3, 0.4) is 0 Å². The van der Waals surface area contributed by atoms with Crippen LogP contribution in [-0.2, 0) is 16.0 Å². The minimum atomic E-state index is -0.379. The fourth-order valence-corrected chi connectivity index (χ4v) is 4.67. The van der Waals surface area contributed by atoms with E-state index in [1.165, 1.54) is 53.5 Å². The van der Waals surface area contributed by atoms with Crippen molar-refractivity contribution in [2.75, 3.05) is 13.2 Å². The molecule has 1 aliphatic rings. The predicted molar refractivity (Wildman–Crippen MR) is 141 cm³/mol. The summed E-state index contributed by atoms with van der Waals surface area (Å²) in [7, 11) is 0. The van der Waals surface area contributed by atoms with Crippen LogP contribution in [0, 0.1) is 11.8 Å². The quantitative estimate of drug-likeness (QED) is 0.204. The minimum Gasteiger partial charge on any atom is -0.462 e. The molecule has 0 aliphatic heterocycles. The number of hydrogen-bond acceptors (Lipinski definition) is 3. The van der Waals surface area contributed by atoms with Gasteiger partial charge in [0.15, 0.2) is 0 Å². The van der Waals surface area contributed by atoms with Crippen LogP contribution in [0.15, 0.2) is 66.8 Å². The highest BCUT2D eigenvalue weighted by atomic mass is 16.5. The Balaban J connectivity index is 1.52. The van der Waals surface area contributed by atoms with E-state index in [0.29, 0.717) is 11.5 Å². The van der Waals surface area contributed by atoms with E-state index in [4.69, 9.17) is 4.74 Å². The van der Waals surface area contributed by atoms with Crippen LogP contribution >= 0.6 is 0 Å². The number of ether oxygens (including phenoxy) is 1. The van der Waals surface area contributed by atoms with E-state index in [9.17, 15) is 9.90 Å². The monoisotopic (exact) mass is 460 g/mol. The number of aryl methyl sites for hydroxylation is 1. The zero-order valence-corrected chi connectivity index (χ0v) is 20.9. The van der Waals surface area contributed by atoms with Gasteiger partial charge in [-0.2, -0.15) is 0 Å². The predicted octanol–water partition coefficient (Wildman–Crippen LogP) is 7.39. The summed E-state index contributed by atoms with van der Waals surface area (Å²) in [6.45, 7) is 7.79. The van der Waals surface area contributed by atoms with E-state index in [1.54, 1.807) is 6.92 Å². The zero-order chi connectivity index (χ0) is 24.3. The van der Waals surface area contributed by atoms with Crippen molar-refractivity contribution in [3.05, 3.63) is 77.9 Å². The third-order valence-electron chi connectivity index (χ3n) is 6.85. The normalized spacial score (nSPS) is 16.6. The number of unbranched alkanes of at least 4 members (excludes halogenated alkanes) is 2. The van der Waals surface area contributed by atoms with E-state index < -0.39 is 0 Å². The maximum atomic E-state index is 11.6. The van der Waals surface area contributed by atoms with Crippen LogP contribution in [0.4, 0.5) is 0 Å². The molecular weight excluding hydrogens is 420 g/mol. The van der Waals surface area contributed by atoms with Crippen molar-refractivity contribution in [2.45, 2.75) is 65.2 Å². The van der Waals surface area contributed by atoms with Crippen LogP contribution in [0.1, 0.15) is 69.9 Å². The highest BCUT2D eigenvalue weighted by Crippen LogP contribution is 2.34. The first kappa shape index (κ1) is 26.0. The van der Waals surface area contributed by atoms with Gasteiger partial charge in [0.2, 0.25) is 0 Å². The average Bonchev–Trinajstić information content (AvgIpc) is 2.87. The Labute approximate surface area is 205 Å². The molecule has 0 amide bonds. The van der Waals surface area contributed by atoms with Crippen LogP contribution in [0.2, 0.25) is 0 Å². The smallest absolute Gasteiger partial charge is 0.333 e. The molecule has 0 saturated carbocycles. The standard InChI is InChI=1S/C31H40O3/c1-4-5-6-7-24-8-12-27(13-9-24)29-16-18-30(19-17-29)28-14-10-25(11-15-28)20-26(21-32)22-34-31(33)23(2)3/h8-9,12-14,16-19,25-26,32H,2,4-7,10-11,15,20-22H2,1,3H3. The SMILES string of the molecule is C=C(C)C(=O)OCC(CO)CC1CC=C(c2ccc(-c3ccc(CCCCC)cc3)cc2)CC1. The number of carbonyl (C=O) groups excluding carboxylic acids is 1. The van der Waals surface area contributed by atoms with E-state index >= 15 is 0 Å². The Morgan fingerprint density at radius 1 is 1.06 bits per heavy atom. The third kappa shape index (κ3) is 7.70. The van der Waals surface area contributed by atoms with Crippen molar-refractivity contribution >= 4 is 11.5 Å². The first-order chi connectivity index (χ1) is 16.5. The molecule has 1 aliphatic carbocycles. The van der Waals surface area contributed by atoms with Crippen molar-refractivity contribution in [1.29, 1.82) is 0 Å². The molecule has 1 N–H and O–H groups in total. The summed E-state index contributed by atoms with van der Waals surface area (Å²) in [6, 6.07) is 18.0. The van der Waals surface area contributed by atoms with Gasteiger partial charge in [0, 0.05) is 18.1 Å². The first-order valence-electron chi connectivity index (χ1n) is 12.8. The molecule has 34 heavy (non-hydrogen) atoms. The summed E-state index contributed by atoms with van der Waals surface area (Å²) in [5, 5.41) is 9.69. The number of esters is 1. The van der Waals surface area contributed by atoms with Crippen molar-refractivity contribution in [2.24, 2.45) is 11.8 Å². The Morgan fingerprint density at radius 2 is 1.71 bits per heavy atom. The lowest BCUT2D eigenvalue weighted by Crippen LogP contribution is -2.21. The number of carbonyl (C=O) groups is 1. The Kier molecular flexibility index (Phi) is 10.2. The third-order valence-corrected chi connectivity index (χ3v) is 6.85. The van der Waals surface area contributed by atoms with Gasteiger partial charge in [-0.25, -0.2) is 4.79 Å². The van der Waals surface area contributed by atoms with Gasteiger partial charge in [0.05, 0.1) is 6.61 Å². The van der Waals surface area contributed by atoms with Crippen molar-refractivity contribution < 1.29 is 14.6 Å². The summed E-state index contributed by atoms with van der Waals surface area (Å²) in [5.74, 6) is 0.121. The molecule has 3 rings (SSSR count). The molecular formula is C31H40O3. The second-order valence-electron chi connectivity index (χ2n) is 9.76. The summed E-state index contributed by atoms with van der Waals surface area (Å²) in [4.78, 5) is 11.6. The Hall–Kier alpha value is -2.65. The first-order valence-corrected chi connectivity index (χ1v) is 12.8. The van der Waals surface area contributed by atoms with Gasteiger partial charge in [-0.3, -0.25) is 0 Å². The fourth-order valence-electron chi connectivity index (χ4n) is 4.67. The lowest BCUT2D eigenvalue weighted by Gasteiger charge is -2.25. The molecule has 0 bridgehead atoms. The molecule has 0 heterocycles. The lowest BCUT2D eigenvalue weighted by atomic mass is 9.82. The summed E-state index contributed by atoms with van der Waals surface area (Å²) < 4.78 is 5.25. The van der Waals surface area contributed by atoms with Gasteiger partial charge in [0.1, 0.15) is 0 Å². The minimum absolute atomic E-state index is 0.0134. The molecule has 0 aromatic heterocycles. The summed E-state index contributed by atoms with van der Waals surface area (Å²) >= 11 is 0. The molecule has 0 radical (unpaired) electrons. The molecule has 2 atom stereocenters. The van der Waals surface area contributed by atoms with Gasteiger partial charge in [0.25, 0.3) is 0 Å². The molecule has 2 unspecified atom stereocenters. The number of hydrogen-bond donors (Lipinski definition) is 1. The molecule has 2 aromatic rings. The molecule has 3 nitrogen and oxygen atoms in total. The van der Waals surface area contributed by atoms with E-state index in [1.807, 2.05) is 0 Å². The summed E-state index contributed by atoms with van der Waals surface area (Å²) in [6.07, 6.45) is 11.4. The van der Waals surface area contributed by atoms with Gasteiger partial charge in [-0.1, -0.05) is 81.0 Å². The maximum Gasteiger partial charge on any atom is 0.333 e. The van der Waals surface area contributed by atoms with Crippen LogP contribution in [0.5, 0.6) is 0 Å². The maximum absolute atomic E-state index is 11.6. The molecule has 0 fully saturated rings. The lowest BCUT2D eigenvalue weighted by molar-refractivity contribution is -0.140. The van der Waals surface area contributed by atoms with Crippen molar-refractivity contribution in [1.82, 2.24) is 0 Å². The fraction of sp³-hybridized carbons (Fsp3) is 0.452. The van der Waals surface area contributed by atoms with Crippen molar-refractivity contribution in [3.8, 4) is 11.1 Å². The second kappa shape index (κ2) is 13.3. The number of benzene rings is 2. The van der Waals surface area contributed by atoms with Crippen LogP contribution in [0.25, 0.3) is 16.7 Å². The number of allylic oxidation sites excluding steroid dienone is 2. The van der Waals surface area contributed by atoms with Gasteiger partial charge in [-0.15, -0.1) is 0 Å². The zero-order valence-electron chi connectivity index (χ0n) is 20.9. The van der Waals surface area contributed by atoms with Gasteiger partial charge >= 0.3 is 5.97 Å². The van der Waals surface area contributed by atoms with Crippen LogP contribution < -0.4 is 0 Å². The molecule has 0 spiro atoms. The highest BCUT2D eigenvalue weighted by molar-refractivity contribution is 5.86. The largest absolute Gasteiger partial charge is 0.462 e. The molecule has 3 heteroatoms. The number of rotatable bonds is 12. The average molecular weight is 461 g/mol. The molecule has 0 saturated heterocycles. The van der Waals surface area contributed by atoms with E-state index in [0.717, 1.165) is 25.7 Å². The number of aliphatic hydroxyl groups is 1. The van der Waals surface area contributed by atoms with E-state index in [2.05, 4.69) is 68.1 Å². The van der Waals surface area contributed by atoms with Crippen molar-refractivity contribution in [3.63, 3.8) is 0 Å². The Bertz CT molecular complexity index is 953. The molecule has 2 aromatic carbocycles. The van der Waals surface area contributed by atoms with Gasteiger partial charge < -0.3 is 9.84 Å². The molecule has 182 valence electrons. The second-order valence-corrected chi connectivity index (χ2v) is 9.76. The van der Waals surface area contributed by atoms with Gasteiger partial charge in [-0.05, 0) is 79.2 Å². The summed E-state index contributed by atoms with van der Waals surface area (Å²) in [5.41, 5.74) is 7.05. The highest BCUT2D eigenvalue weighted by Gasteiger charge is 2.21. The van der Waals surface area contributed by atoms with Crippen LogP contribution in [-0.4, -0.2) is 24.3 Å². The van der Waals surface area contributed by atoms with E-state index in [-0.39, 0.29) is 25.1 Å². The Morgan fingerprint density at radius 3 is 2.26 bits per heavy atom. The topological polar surface area (TPSA) is 46.5 Å². The number of aliphatic hydroxyl groups excluding tert-OH is 1.